The number of aromatic amines is 1. The number of esters is 1. The minimum atomic E-state index is -1.10. The zero-order valence-electron chi connectivity index (χ0n) is 16.4. The fraction of sp³-hybridized carbons (Fsp3) is 0.647. The molecule has 1 aliphatic rings. The molecule has 12 nitrogen and oxygen atoms in total. The molecule has 160 valence electrons. The van der Waals surface area contributed by atoms with Crippen LogP contribution in [0.2, 0.25) is 0 Å². The smallest absolute Gasteiger partial charge is 0.308 e. The Hall–Kier alpha value is -2.54. The molecule has 0 radical (unpaired) electrons. The number of H-pyrrole nitrogens is 1. The van der Waals surface area contributed by atoms with Crippen LogP contribution in [0.15, 0.2) is 11.1 Å². The van der Waals surface area contributed by atoms with Crippen molar-refractivity contribution in [1.29, 1.82) is 0 Å². The maximum atomic E-state index is 12.0. The van der Waals surface area contributed by atoms with Gasteiger partial charge in [-0.2, -0.15) is 4.98 Å². The highest BCUT2D eigenvalue weighted by atomic mass is 16.6. The monoisotopic (exact) mass is 411 g/mol. The van der Waals surface area contributed by atoms with Gasteiger partial charge in [-0.05, 0) is 0 Å². The summed E-state index contributed by atoms with van der Waals surface area (Å²) in [6, 6.07) is 0. The molecule has 3 rings (SSSR count). The molecule has 4 atom stereocenters. The van der Waals surface area contributed by atoms with Crippen molar-refractivity contribution in [2.45, 2.75) is 38.4 Å². The van der Waals surface area contributed by atoms with Gasteiger partial charge >= 0.3 is 5.97 Å². The number of nitrogens with one attached hydrogen (secondary N) is 1. The normalized spacial score (nSPS) is 24.4. The molecule has 3 heterocycles. The number of ether oxygens (including phenoxy) is 4. The molecule has 0 bridgehead atoms. The molecule has 1 fully saturated rings. The largest absolute Gasteiger partial charge is 0.463 e. The van der Waals surface area contributed by atoms with E-state index in [1.54, 1.807) is 13.8 Å². The zero-order chi connectivity index (χ0) is 21.1. The predicted octanol–water partition coefficient (Wildman–Crippen LogP) is -0.809. The highest BCUT2D eigenvalue weighted by Gasteiger charge is 2.46. The topological polar surface area (TPSA) is 164 Å². The van der Waals surface area contributed by atoms with Crippen LogP contribution in [0, 0.1) is 5.92 Å². The number of aromatic nitrogens is 4. The Balaban J connectivity index is 1.88. The van der Waals surface area contributed by atoms with E-state index in [1.807, 2.05) is 0 Å². The number of methoxy groups -OCH3 is 1. The van der Waals surface area contributed by atoms with Gasteiger partial charge in [0, 0.05) is 7.11 Å². The Morgan fingerprint density at radius 3 is 2.90 bits per heavy atom. The minimum absolute atomic E-state index is 0.0719. The average molecular weight is 411 g/mol. The number of rotatable bonds is 8. The molecular weight excluding hydrogens is 386 g/mol. The van der Waals surface area contributed by atoms with Crippen molar-refractivity contribution in [3.8, 4) is 0 Å². The van der Waals surface area contributed by atoms with E-state index in [2.05, 4.69) is 15.0 Å². The quantitative estimate of drug-likeness (QED) is 0.370. The second-order valence-corrected chi connectivity index (χ2v) is 6.94. The third-order valence-electron chi connectivity index (χ3n) is 4.50. The number of nitrogen functional groups attached to an aromatic ring is 1. The number of aliphatic hydroxyl groups is 1. The lowest BCUT2D eigenvalue weighted by Gasteiger charge is -2.21. The van der Waals surface area contributed by atoms with Gasteiger partial charge < -0.3 is 29.8 Å². The van der Waals surface area contributed by atoms with Crippen molar-refractivity contribution < 1.29 is 28.8 Å². The van der Waals surface area contributed by atoms with Crippen LogP contribution in [0.5, 0.6) is 0 Å². The molecule has 0 saturated carbocycles. The first kappa shape index (κ1) is 21.2. The fourth-order valence-electron chi connectivity index (χ4n) is 2.99. The third kappa shape index (κ3) is 4.40. The van der Waals surface area contributed by atoms with Crippen molar-refractivity contribution >= 4 is 23.1 Å². The maximum Gasteiger partial charge on any atom is 0.308 e. The number of carbonyl (C=O) groups is 1. The van der Waals surface area contributed by atoms with E-state index in [4.69, 9.17) is 24.7 Å². The molecule has 2 aromatic rings. The van der Waals surface area contributed by atoms with Crippen LogP contribution in [-0.2, 0) is 23.7 Å². The maximum absolute atomic E-state index is 12.0. The van der Waals surface area contributed by atoms with Gasteiger partial charge in [0.1, 0.15) is 24.9 Å². The first-order valence-corrected chi connectivity index (χ1v) is 9.16. The van der Waals surface area contributed by atoms with Crippen LogP contribution in [0.4, 0.5) is 5.95 Å². The summed E-state index contributed by atoms with van der Waals surface area (Å²) >= 11 is 0. The summed E-state index contributed by atoms with van der Waals surface area (Å²) < 4.78 is 23.3. The Morgan fingerprint density at radius 2 is 2.21 bits per heavy atom. The van der Waals surface area contributed by atoms with Gasteiger partial charge in [-0.3, -0.25) is 19.1 Å². The van der Waals surface area contributed by atoms with E-state index < -0.39 is 36.1 Å². The van der Waals surface area contributed by atoms with Gasteiger partial charge in [0.25, 0.3) is 5.56 Å². The lowest BCUT2D eigenvalue weighted by atomic mass is 10.1. The number of hydrogen-bond donors (Lipinski definition) is 3. The van der Waals surface area contributed by atoms with Crippen molar-refractivity contribution in [3.05, 3.63) is 16.7 Å². The Kier molecular flexibility index (Phi) is 6.47. The van der Waals surface area contributed by atoms with Crippen LogP contribution in [-0.4, -0.2) is 75.8 Å². The molecule has 2 aromatic heterocycles. The van der Waals surface area contributed by atoms with Crippen molar-refractivity contribution in [2.24, 2.45) is 5.92 Å². The van der Waals surface area contributed by atoms with E-state index in [1.165, 1.54) is 18.0 Å². The Bertz CT molecular complexity index is 911. The molecule has 0 unspecified atom stereocenters. The van der Waals surface area contributed by atoms with Gasteiger partial charge in [-0.1, -0.05) is 13.8 Å². The summed E-state index contributed by atoms with van der Waals surface area (Å²) in [6.07, 6.45) is -2.30. The lowest BCUT2D eigenvalue weighted by molar-refractivity contribution is -0.153. The summed E-state index contributed by atoms with van der Waals surface area (Å²) in [5, 5.41) is 10.7. The zero-order valence-corrected chi connectivity index (χ0v) is 16.4. The fourth-order valence-corrected chi connectivity index (χ4v) is 2.99. The summed E-state index contributed by atoms with van der Waals surface area (Å²) in [5.41, 5.74) is 5.40. The molecular formula is C17H25N5O7. The Labute approximate surface area is 165 Å². The minimum Gasteiger partial charge on any atom is -0.463 e. The van der Waals surface area contributed by atoms with Crippen LogP contribution in [0.3, 0.4) is 0 Å². The number of nitrogens with zero attached hydrogens (tertiary/aromatic N) is 3. The molecule has 0 spiro atoms. The molecule has 0 amide bonds. The summed E-state index contributed by atoms with van der Waals surface area (Å²) in [5.74, 6) is -0.799. The summed E-state index contributed by atoms with van der Waals surface area (Å²) in [7, 11) is 1.53. The van der Waals surface area contributed by atoms with Gasteiger partial charge in [0.15, 0.2) is 17.4 Å². The number of anilines is 1. The number of imidazole rings is 1. The summed E-state index contributed by atoms with van der Waals surface area (Å²) in [4.78, 5) is 34.4. The molecule has 4 N–H and O–H groups in total. The standard InChI is InChI=1S/C17H25N5O7/c1-8(2)16(25)28-6-9-11(23)12(27-5-4-26-3)15(29-9)22-7-19-10-13(22)20-17(18)21-14(10)24/h7-9,11-12,15,23H,4-6H2,1-3H3,(H3,18,20,21,24)/t9-,11-,12-,15-/m1/s1. The number of fused-ring (bicyclic) bond motifs is 1. The Morgan fingerprint density at radius 1 is 1.45 bits per heavy atom. The second-order valence-electron chi connectivity index (χ2n) is 6.94. The van der Waals surface area contributed by atoms with E-state index >= 15 is 0 Å². The molecule has 0 aliphatic carbocycles. The molecule has 12 heteroatoms. The first-order chi connectivity index (χ1) is 13.8. The van der Waals surface area contributed by atoms with Gasteiger partial charge in [-0.15, -0.1) is 0 Å². The summed E-state index contributed by atoms with van der Waals surface area (Å²) in [6.45, 7) is 3.76. The third-order valence-corrected chi connectivity index (χ3v) is 4.50. The van der Waals surface area contributed by atoms with Crippen LogP contribution in [0.25, 0.3) is 11.2 Å². The van der Waals surface area contributed by atoms with Crippen LogP contribution < -0.4 is 11.3 Å². The number of carbonyl (C=O) groups excluding carboxylic acids is 1. The molecule has 0 aromatic carbocycles. The average Bonchev–Trinajstić information content (AvgIpc) is 3.21. The van der Waals surface area contributed by atoms with Crippen molar-refractivity contribution in [1.82, 2.24) is 19.5 Å². The van der Waals surface area contributed by atoms with Gasteiger partial charge in [0.05, 0.1) is 25.5 Å². The van der Waals surface area contributed by atoms with Gasteiger partial charge in [0.2, 0.25) is 5.95 Å². The van der Waals surface area contributed by atoms with Gasteiger partial charge in [-0.25, -0.2) is 4.98 Å². The first-order valence-electron chi connectivity index (χ1n) is 9.16. The van der Waals surface area contributed by atoms with E-state index in [0.29, 0.717) is 6.61 Å². The SMILES string of the molecule is COCCO[C@@H]1[C@H](O)[C@@H](COC(=O)C(C)C)O[C@H]1n1cnc2c(=O)[nH]c(N)nc21. The number of hydrogen-bond acceptors (Lipinski definition) is 10. The number of nitrogens with two attached hydrogens (primary N) is 1. The molecule has 1 aliphatic heterocycles. The van der Waals surface area contributed by atoms with Crippen LogP contribution >= 0.6 is 0 Å². The van der Waals surface area contributed by atoms with Crippen LogP contribution in [0.1, 0.15) is 20.1 Å². The van der Waals surface area contributed by atoms with E-state index in [-0.39, 0.29) is 36.2 Å². The highest BCUT2D eigenvalue weighted by Crippen LogP contribution is 2.33. The van der Waals surface area contributed by atoms with E-state index in [9.17, 15) is 14.7 Å². The second kappa shape index (κ2) is 8.86. The molecule has 1 saturated heterocycles. The van der Waals surface area contributed by atoms with E-state index in [0.717, 1.165) is 0 Å². The predicted molar refractivity (Wildman–Crippen MR) is 99.9 cm³/mol. The number of aliphatic hydroxyl groups excluding tert-OH is 1. The highest BCUT2D eigenvalue weighted by molar-refractivity contribution is 5.71. The lowest BCUT2D eigenvalue weighted by Crippen LogP contribution is -2.37. The van der Waals surface area contributed by atoms with Crippen molar-refractivity contribution in [3.63, 3.8) is 0 Å². The molecule has 29 heavy (non-hydrogen) atoms. The van der Waals surface area contributed by atoms with Crippen molar-refractivity contribution in [2.75, 3.05) is 32.7 Å².